The first-order valence-corrected chi connectivity index (χ1v) is 10.8. The third-order valence-corrected chi connectivity index (χ3v) is 5.81. The number of nitrogens with zero attached hydrogens (tertiary/aromatic N) is 6. The Morgan fingerprint density at radius 2 is 1.91 bits per heavy atom. The molecule has 0 saturated carbocycles. The fraction of sp³-hybridized carbons (Fsp3) is 0.208. The third-order valence-electron chi connectivity index (χ3n) is 5.81. The van der Waals surface area contributed by atoms with Crippen molar-refractivity contribution in [2.75, 3.05) is 12.3 Å². The van der Waals surface area contributed by atoms with Crippen molar-refractivity contribution in [3.05, 3.63) is 84.3 Å². The largest absolute Gasteiger partial charge is 0.368 e. The highest BCUT2D eigenvalue weighted by Crippen LogP contribution is 2.36. The van der Waals surface area contributed by atoms with Crippen molar-refractivity contribution >= 4 is 11.9 Å². The van der Waals surface area contributed by atoms with Gasteiger partial charge in [-0.05, 0) is 55.2 Å². The number of aromatic nitrogens is 5. The van der Waals surface area contributed by atoms with Crippen LogP contribution in [0, 0.1) is 5.82 Å². The highest BCUT2D eigenvalue weighted by Gasteiger charge is 2.32. The summed E-state index contributed by atoms with van der Waals surface area (Å²) >= 11 is 0. The molecule has 1 unspecified atom stereocenters. The maximum Gasteiger partial charge on any atom is 0.255 e. The van der Waals surface area contributed by atoms with E-state index in [4.69, 9.17) is 5.73 Å². The summed E-state index contributed by atoms with van der Waals surface area (Å²) in [4.78, 5) is 28.4. The van der Waals surface area contributed by atoms with Gasteiger partial charge in [-0.3, -0.25) is 4.79 Å². The minimum atomic E-state index is -0.322. The number of carbonyl (C=O) groups is 1. The molecule has 0 aliphatic carbocycles. The molecule has 166 valence electrons. The number of rotatable bonds is 4. The predicted molar refractivity (Wildman–Crippen MR) is 121 cm³/mol. The third kappa shape index (κ3) is 4.17. The monoisotopic (exact) mass is 443 g/mol. The first-order chi connectivity index (χ1) is 16.1. The van der Waals surface area contributed by atoms with Gasteiger partial charge >= 0.3 is 0 Å². The van der Waals surface area contributed by atoms with Gasteiger partial charge in [0.15, 0.2) is 5.82 Å². The summed E-state index contributed by atoms with van der Waals surface area (Å²) in [6, 6.07) is 11.2. The molecule has 1 amide bonds. The summed E-state index contributed by atoms with van der Waals surface area (Å²) in [7, 11) is 0. The van der Waals surface area contributed by atoms with Crippen molar-refractivity contribution in [2.45, 2.75) is 25.3 Å². The molecule has 8 nitrogen and oxygen atoms in total. The van der Waals surface area contributed by atoms with E-state index in [9.17, 15) is 9.18 Å². The molecule has 1 aliphatic heterocycles. The first-order valence-electron chi connectivity index (χ1n) is 10.8. The quantitative estimate of drug-likeness (QED) is 0.514. The molecule has 1 aromatic carbocycles. The zero-order valence-electron chi connectivity index (χ0n) is 17.8. The molecule has 1 atom stereocenters. The van der Waals surface area contributed by atoms with E-state index < -0.39 is 0 Å². The van der Waals surface area contributed by atoms with E-state index in [0.29, 0.717) is 23.6 Å². The molecule has 0 spiro atoms. The van der Waals surface area contributed by atoms with Crippen LogP contribution in [-0.2, 0) is 0 Å². The lowest BCUT2D eigenvalue weighted by molar-refractivity contribution is 0.0606. The van der Waals surface area contributed by atoms with Crippen molar-refractivity contribution in [2.24, 2.45) is 0 Å². The van der Waals surface area contributed by atoms with Crippen molar-refractivity contribution < 1.29 is 9.18 Å². The summed E-state index contributed by atoms with van der Waals surface area (Å²) in [5.41, 5.74) is 8.60. The SMILES string of the molecule is Nc1ncc(-c2ccc(F)cc2)c(C2CCCCN2C(=O)c2ccc(-n3cccn3)nc2)n1. The van der Waals surface area contributed by atoms with E-state index >= 15 is 0 Å². The Bertz CT molecular complexity index is 1260. The lowest BCUT2D eigenvalue weighted by Crippen LogP contribution is -2.39. The van der Waals surface area contributed by atoms with Crippen molar-refractivity contribution in [3.8, 4) is 16.9 Å². The van der Waals surface area contributed by atoms with E-state index in [1.54, 1.807) is 53.7 Å². The molecule has 4 heterocycles. The second-order valence-corrected chi connectivity index (χ2v) is 7.90. The maximum absolute atomic E-state index is 13.5. The van der Waals surface area contributed by atoms with Gasteiger partial charge in [-0.15, -0.1) is 0 Å². The molecule has 9 heteroatoms. The number of amides is 1. The molecule has 1 fully saturated rings. The number of piperidine rings is 1. The van der Waals surface area contributed by atoms with Crippen molar-refractivity contribution in [1.82, 2.24) is 29.6 Å². The molecule has 5 rings (SSSR count). The summed E-state index contributed by atoms with van der Waals surface area (Å²) in [5, 5.41) is 4.16. The topological polar surface area (TPSA) is 103 Å². The molecule has 1 saturated heterocycles. The van der Waals surface area contributed by atoms with E-state index in [1.165, 1.54) is 12.1 Å². The summed E-state index contributed by atoms with van der Waals surface area (Å²) < 4.78 is 15.1. The number of nitrogen functional groups attached to an aromatic ring is 1. The summed E-state index contributed by atoms with van der Waals surface area (Å²) in [5.74, 6) is 0.326. The van der Waals surface area contributed by atoms with Gasteiger partial charge in [-0.25, -0.2) is 24.0 Å². The number of benzene rings is 1. The fourth-order valence-electron chi connectivity index (χ4n) is 4.19. The van der Waals surface area contributed by atoms with Crippen LogP contribution in [0.4, 0.5) is 10.3 Å². The van der Waals surface area contributed by atoms with E-state index in [0.717, 1.165) is 30.4 Å². The number of nitrogens with two attached hydrogens (primary N) is 1. The first kappa shape index (κ1) is 20.7. The van der Waals surface area contributed by atoms with Gasteiger partial charge in [-0.2, -0.15) is 5.10 Å². The Hall–Kier alpha value is -4.14. The average Bonchev–Trinajstić information content (AvgIpc) is 3.39. The van der Waals surface area contributed by atoms with Gasteiger partial charge in [0.2, 0.25) is 5.95 Å². The highest BCUT2D eigenvalue weighted by atomic mass is 19.1. The number of pyridine rings is 1. The van der Waals surface area contributed by atoms with Gasteiger partial charge in [0.1, 0.15) is 5.82 Å². The van der Waals surface area contributed by atoms with Gasteiger partial charge in [0.05, 0.1) is 17.3 Å². The minimum Gasteiger partial charge on any atom is -0.368 e. The molecule has 2 N–H and O–H groups in total. The lowest BCUT2D eigenvalue weighted by Gasteiger charge is -2.36. The Labute approximate surface area is 189 Å². The number of hydrogen-bond donors (Lipinski definition) is 1. The number of carbonyl (C=O) groups excluding carboxylic acids is 1. The van der Waals surface area contributed by atoms with Crippen LogP contribution >= 0.6 is 0 Å². The van der Waals surface area contributed by atoms with Crippen LogP contribution in [0.3, 0.4) is 0 Å². The molecular formula is C24H22FN7O. The smallest absolute Gasteiger partial charge is 0.255 e. The Morgan fingerprint density at radius 1 is 1.06 bits per heavy atom. The molecule has 33 heavy (non-hydrogen) atoms. The van der Waals surface area contributed by atoms with E-state index in [2.05, 4.69) is 20.1 Å². The van der Waals surface area contributed by atoms with Crippen molar-refractivity contribution in [1.29, 1.82) is 0 Å². The molecule has 4 aromatic rings. The van der Waals surface area contributed by atoms with Gasteiger partial charge in [0, 0.05) is 36.9 Å². The van der Waals surface area contributed by atoms with E-state index in [-0.39, 0.29) is 23.7 Å². The lowest BCUT2D eigenvalue weighted by atomic mass is 9.93. The highest BCUT2D eigenvalue weighted by molar-refractivity contribution is 5.94. The van der Waals surface area contributed by atoms with Crippen molar-refractivity contribution in [3.63, 3.8) is 0 Å². The average molecular weight is 443 g/mol. The van der Waals surface area contributed by atoms with Crippen LogP contribution < -0.4 is 5.73 Å². The standard InChI is InChI=1S/C24H22FN7O/c25-18-8-5-16(6-9-18)19-15-28-24(26)30-22(19)20-4-1-2-12-31(20)23(33)17-7-10-21(27-14-17)32-13-3-11-29-32/h3,5-11,13-15,20H,1-2,4,12H2,(H2,26,28,30). The second kappa shape index (κ2) is 8.78. The van der Waals surface area contributed by atoms with Crippen LogP contribution in [0.25, 0.3) is 16.9 Å². The normalized spacial score (nSPS) is 16.0. The van der Waals surface area contributed by atoms with Crippen LogP contribution in [-0.4, -0.2) is 42.1 Å². The van der Waals surface area contributed by atoms with Crippen LogP contribution in [0.2, 0.25) is 0 Å². The van der Waals surface area contributed by atoms with Gasteiger partial charge < -0.3 is 10.6 Å². The van der Waals surface area contributed by atoms with Gasteiger partial charge in [-0.1, -0.05) is 12.1 Å². The van der Waals surface area contributed by atoms with Gasteiger partial charge in [0.25, 0.3) is 5.91 Å². The Kier molecular flexibility index (Phi) is 5.52. The molecule has 0 bridgehead atoms. The predicted octanol–water partition coefficient (Wildman–Crippen LogP) is 3.81. The summed E-state index contributed by atoms with van der Waals surface area (Å²) in [6.45, 7) is 0.594. The number of hydrogen-bond acceptors (Lipinski definition) is 6. The molecular weight excluding hydrogens is 421 g/mol. The number of halogens is 1. The molecule has 0 radical (unpaired) electrons. The zero-order chi connectivity index (χ0) is 22.8. The van der Waals surface area contributed by atoms with Crippen LogP contribution in [0.1, 0.15) is 41.4 Å². The fourth-order valence-corrected chi connectivity index (χ4v) is 4.19. The Morgan fingerprint density at radius 3 is 2.64 bits per heavy atom. The number of anilines is 1. The zero-order valence-corrected chi connectivity index (χ0v) is 17.8. The summed E-state index contributed by atoms with van der Waals surface area (Å²) in [6.07, 6.45) is 9.27. The Balaban J connectivity index is 1.49. The molecule has 1 aliphatic rings. The van der Waals surface area contributed by atoms with Crippen LogP contribution in [0.5, 0.6) is 0 Å². The number of likely N-dealkylation sites (tertiary alicyclic amines) is 1. The maximum atomic E-state index is 13.5. The minimum absolute atomic E-state index is 0.124. The molecule has 3 aromatic heterocycles. The van der Waals surface area contributed by atoms with Crippen LogP contribution in [0.15, 0.2) is 67.3 Å². The second-order valence-electron chi connectivity index (χ2n) is 7.90. The van der Waals surface area contributed by atoms with E-state index in [1.807, 2.05) is 11.0 Å².